The quantitative estimate of drug-likeness (QED) is 0.740. The summed E-state index contributed by atoms with van der Waals surface area (Å²) in [5.41, 5.74) is 0.749. The smallest absolute Gasteiger partial charge is 0.405 e. The Hall–Kier alpha value is -1.26. The van der Waals surface area contributed by atoms with Crippen LogP contribution in [0.3, 0.4) is 0 Å². The van der Waals surface area contributed by atoms with Crippen molar-refractivity contribution < 1.29 is 15.0 Å². The third kappa shape index (κ3) is 3.77. The Kier molecular flexibility index (Phi) is 4.39. The SMILES string of the molecule is O=C(O)NC(CCO)c1cccc(Cl)c1. The maximum Gasteiger partial charge on any atom is 0.405 e. The number of amides is 1. The highest BCUT2D eigenvalue weighted by Crippen LogP contribution is 2.20. The number of rotatable bonds is 4. The molecule has 15 heavy (non-hydrogen) atoms. The molecular weight excluding hydrogens is 218 g/mol. The number of carbonyl (C=O) groups is 1. The second-order valence-electron chi connectivity index (χ2n) is 3.07. The standard InChI is InChI=1S/C10H12ClNO3/c11-8-3-1-2-7(6-8)9(4-5-13)12-10(14)15/h1-3,6,9,12-13H,4-5H2,(H,14,15). The minimum atomic E-state index is -1.12. The molecule has 0 aromatic heterocycles. The molecule has 0 spiro atoms. The van der Waals surface area contributed by atoms with Crippen LogP contribution in [-0.4, -0.2) is 22.9 Å². The number of nitrogens with one attached hydrogen (secondary N) is 1. The third-order valence-corrected chi connectivity index (χ3v) is 2.20. The van der Waals surface area contributed by atoms with Crippen molar-refractivity contribution in [2.24, 2.45) is 0 Å². The second kappa shape index (κ2) is 5.58. The summed E-state index contributed by atoms with van der Waals surface area (Å²) >= 11 is 5.79. The van der Waals surface area contributed by atoms with Gasteiger partial charge >= 0.3 is 6.09 Å². The zero-order valence-electron chi connectivity index (χ0n) is 7.98. The van der Waals surface area contributed by atoms with Crippen LogP contribution in [0.1, 0.15) is 18.0 Å². The van der Waals surface area contributed by atoms with Crippen molar-refractivity contribution in [3.63, 3.8) is 0 Å². The van der Waals surface area contributed by atoms with Gasteiger partial charge in [0.05, 0.1) is 6.04 Å². The summed E-state index contributed by atoms with van der Waals surface area (Å²) in [6.45, 7) is -0.0859. The summed E-state index contributed by atoms with van der Waals surface area (Å²) in [6.07, 6.45) is -0.791. The third-order valence-electron chi connectivity index (χ3n) is 1.97. The first-order valence-corrected chi connectivity index (χ1v) is 4.87. The number of aliphatic hydroxyl groups is 1. The Morgan fingerprint density at radius 1 is 1.53 bits per heavy atom. The molecule has 3 N–H and O–H groups in total. The van der Waals surface area contributed by atoms with E-state index in [-0.39, 0.29) is 6.61 Å². The Balaban J connectivity index is 2.83. The Bertz CT molecular complexity index is 343. The van der Waals surface area contributed by atoms with Crippen LogP contribution < -0.4 is 5.32 Å². The van der Waals surface area contributed by atoms with Gasteiger partial charge in [-0.25, -0.2) is 4.79 Å². The lowest BCUT2D eigenvalue weighted by Crippen LogP contribution is -2.27. The maximum atomic E-state index is 10.5. The second-order valence-corrected chi connectivity index (χ2v) is 3.51. The number of hydrogen-bond acceptors (Lipinski definition) is 2. The fourth-order valence-electron chi connectivity index (χ4n) is 1.32. The fraction of sp³-hybridized carbons (Fsp3) is 0.300. The van der Waals surface area contributed by atoms with Crippen molar-refractivity contribution >= 4 is 17.7 Å². The van der Waals surface area contributed by atoms with E-state index < -0.39 is 12.1 Å². The lowest BCUT2D eigenvalue weighted by atomic mass is 10.0. The lowest BCUT2D eigenvalue weighted by Gasteiger charge is -2.16. The van der Waals surface area contributed by atoms with Crippen LogP contribution >= 0.6 is 11.6 Å². The molecule has 1 aromatic rings. The van der Waals surface area contributed by atoms with Crippen LogP contribution in [-0.2, 0) is 0 Å². The summed E-state index contributed by atoms with van der Waals surface area (Å²) in [7, 11) is 0. The molecule has 1 atom stereocenters. The highest BCUT2D eigenvalue weighted by atomic mass is 35.5. The first-order valence-electron chi connectivity index (χ1n) is 4.49. The maximum absolute atomic E-state index is 10.5. The highest BCUT2D eigenvalue weighted by Gasteiger charge is 2.13. The predicted octanol–water partition coefficient (Wildman–Crippen LogP) is 2.03. The van der Waals surface area contributed by atoms with Gasteiger partial charge in [0.25, 0.3) is 0 Å². The van der Waals surface area contributed by atoms with Crippen LogP contribution in [0.25, 0.3) is 0 Å². The van der Waals surface area contributed by atoms with Crippen LogP contribution in [0.2, 0.25) is 5.02 Å². The van der Waals surface area contributed by atoms with Crippen LogP contribution in [0.5, 0.6) is 0 Å². The number of carboxylic acid groups (broad SMARTS) is 1. The van der Waals surface area contributed by atoms with Crippen LogP contribution in [0.15, 0.2) is 24.3 Å². The number of aliphatic hydroxyl groups excluding tert-OH is 1. The molecular formula is C10H12ClNO3. The van der Waals surface area contributed by atoms with E-state index in [0.717, 1.165) is 5.56 Å². The van der Waals surface area contributed by atoms with Gasteiger partial charge in [0, 0.05) is 11.6 Å². The van der Waals surface area contributed by atoms with Crippen LogP contribution in [0, 0.1) is 0 Å². The Labute approximate surface area is 92.5 Å². The van der Waals surface area contributed by atoms with E-state index in [1.807, 2.05) is 0 Å². The van der Waals surface area contributed by atoms with Gasteiger partial charge < -0.3 is 15.5 Å². The topological polar surface area (TPSA) is 69.6 Å². The molecule has 0 radical (unpaired) electrons. The van der Waals surface area contributed by atoms with Gasteiger partial charge in [0.15, 0.2) is 0 Å². The van der Waals surface area contributed by atoms with E-state index in [2.05, 4.69) is 5.32 Å². The zero-order chi connectivity index (χ0) is 11.3. The molecule has 0 saturated carbocycles. The number of benzene rings is 1. The minimum Gasteiger partial charge on any atom is -0.465 e. The van der Waals surface area contributed by atoms with Crippen molar-refractivity contribution in [1.82, 2.24) is 5.32 Å². The molecule has 0 saturated heterocycles. The van der Waals surface area contributed by atoms with E-state index in [9.17, 15) is 4.79 Å². The minimum absolute atomic E-state index is 0.0859. The normalized spacial score (nSPS) is 12.1. The number of halogens is 1. The monoisotopic (exact) mass is 229 g/mol. The van der Waals surface area contributed by atoms with Crippen molar-refractivity contribution in [2.45, 2.75) is 12.5 Å². The zero-order valence-corrected chi connectivity index (χ0v) is 8.74. The van der Waals surface area contributed by atoms with Gasteiger partial charge in [-0.2, -0.15) is 0 Å². The molecule has 1 aromatic carbocycles. The molecule has 4 nitrogen and oxygen atoms in total. The van der Waals surface area contributed by atoms with E-state index in [1.54, 1.807) is 24.3 Å². The molecule has 82 valence electrons. The van der Waals surface area contributed by atoms with Gasteiger partial charge in [-0.15, -0.1) is 0 Å². The van der Waals surface area contributed by atoms with Crippen molar-refractivity contribution in [3.05, 3.63) is 34.9 Å². The van der Waals surface area contributed by atoms with E-state index in [1.165, 1.54) is 0 Å². The van der Waals surface area contributed by atoms with Crippen LogP contribution in [0.4, 0.5) is 4.79 Å². The van der Waals surface area contributed by atoms with Gasteiger partial charge in [-0.1, -0.05) is 23.7 Å². The first kappa shape index (κ1) is 11.8. The predicted molar refractivity (Wildman–Crippen MR) is 57.1 cm³/mol. The summed E-state index contributed by atoms with van der Waals surface area (Å²) in [5.74, 6) is 0. The highest BCUT2D eigenvalue weighted by molar-refractivity contribution is 6.30. The van der Waals surface area contributed by atoms with Gasteiger partial charge in [0.1, 0.15) is 0 Å². The largest absolute Gasteiger partial charge is 0.465 e. The molecule has 0 fully saturated rings. The molecule has 0 aliphatic rings. The summed E-state index contributed by atoms with van der Waals surface area (Å²) < 4.78 is 0. The van der Waals surface area contributed by atoms with E-state index in [0.29, 0.717) is 11.4 Å². The average molecular weight is 230 g/mol. The van der Waals surface area contributed by atoms with Crippen molar-refractivity contribution in [1.29, 1.82) is 0 Å². The van der Waals surface area contributed by atoms with Gasteiger partial charge in [-0.05, 0) is 24.1 Å². The molecule has 0 bridgehead atoms. The average Bonchev–Trinajstić information content (AvgIpc) is 2.16. The first-order chi connectivity index (χ1) is 7.13. The Morgan fingerprint density at radius 3 is 2.80 bits per heavy atom. The molecule has 1 unspecified atom stereocenters. The van der Waals surface area contributed by atoms with Gasteiger partial charge in [-0.3, -0.25) is 0 Å². The summed E-state index contributed by atoms with van der Waals surface area (Å²) in [4.78, 5) is 10.5. The summed E-state index contributed by atoms with van der Waals surface area (Å²) in [6, 6.07) is 6.47. The van der Waals surface area contributed by atoms with E-state index in [4.69, 9.17) is 21.8 Å². The molecule has 5 heteroatoms. The van der Waals surface area contributed by atoms with Crippen molar-refractivity contribution in [3.8, 4) is 0 Å². The molecule has 1 rings (SSSR count). The molecule has 1 amide bonds. The fourth-order valence-corrected chi connectivity index (χ4v) is 1.52. The van der Waals surface area contributed by atoms with E-state index >= 15 is 0 Å². The molecule has 0 aliphatic carbocycles. The number of hydrogen-bond donors (Lipinski definition) is 3. The summed E-state index contributed by atoms with van der Waals surface area (Å²) in [5, 5.41) is 20.3. The van der Waals surface area contributed by atoms with Gasteiger partial charge in [0.2, 0.25) is 0 Å². The van der Waals surface area contributed by atoms with Crippen molar-refractivity contribution in [2.75, 3.05) is 6.61 Å². The molecule has 0 heterocycles. The molecule has 0 aliphatic heterocycles. The lowest BCUT2D eigenvalue weighted by molar-refractivity contribution is 0.185. The Morgan fingerprint density at radius 2 is 2.27 bits per heavy atom.